The van der Waals surface area contributed by atoms with Crippen molar-refractivity contribution in [3.8, 4) is 5.75 Å². The summed E-state index contributed by atoms with van der Waals surface area (Å²) in [6, 6.07) is 6.20. The number of fused-ring (bicyclic) bond motifs is 3. The summed E-state index contributed by atoms with van der Waals surface area (Å²) in [7, 11) is 3.76. The van der Waals surface area contributed by atoms with Gasteiger partial charge in [0.1, 0.15) is 11.9 Å². The zero-order chi connectivity index (χ0) is 13.8. The standard InChI is InChI=1S/C15H20N2O2/c1-10(18)17-8-7-15(2)12-9-11(19-4)5-6-13(12)16(3)14(15)17/h5-6,9,14H,7-8H2,1-4H3/t14-,15-/m0/s1. The number of likely N-dealkylation sites (N-methyl/N-ethyl adjacent to an activating group) is 1. The lowest BCUT2D eigenvalue weighted by Gasteiger charge is -2.34. The highest BCUT2D eigenvalue weighted by Gasteiger charge is 2.54. The lowest BCUT2D eigenvalue weighted by Crippen LogP contribution is -2.48. The van der Waals surface area contributed by atoms with Crippen LogP contribution in [0.15, 0.2) is 18.2 Å². The molecule has 1 amide bonds. The monoisotopic (exact) mass is 260 g/mol. The molecule has 0 spiro atoms. The van der Waals surface area contributed by atoms with E-state index in [1.807, 2.05) is 11.0 Å². The van der Waals surface area contributed by atoms with Gasteiger partial charge in [0.05, 0.1) is 7.11 Å². The fourth-order valence-corrected chi connectivity index (χ4v) is 3.73. The van der Waals surface area contributed by atoms with Crippen molar-refractivity contribution in [1.29, 1.82) is 0 Å². The first-order valence-electron chi connectivity index (χ1n) is 6.67. The Morgan fingerprint density at radius 2 is 2.21 bits per heavy atom. The van der Waals surface area contributed by atoms with Gasteiger partial charge in [-0.2, -0.15) is 0 Å². The van der Waals surface area contributed by atoms with Crippen molar-refractivity contribution >= 4 is 11.6 Å². The largest absolute Gasteiger partial charge is 0.497 e. The van der Waals surface area contributed by atoms with E-state index in [1.165, 1.54) is 11.3 Å². The highest BCUT2D eigenvalue weighted by Crippen LogP contribution is 2.52. The molecular weight excluding hydrogens is 240 g/mol. The van der Waals surface area contributed by atoms with Crippen LogP contribution in [0.2, 0.25) is 0 Å². The van der Waals surface area contributed by atoms with Crippen LogP contribution in [0.3, 0.4) is 0 Å². The molecule has 3 rings (SSSR count). The first kappa shape index (κ1) is 12.3. The van der Waals surface area contributed by atoms with Crippen molar-refractivity contribution in [1.82, 2.24) is 4.90 Å². The van der Waals surface area contributed by atoms with E-state index in [9.17, 15) is 4.79 Å². The lowest BCUT2D eigenvalue weighted by atomic mass is 9.81. The van der Waals surface area contributed by atoms with Gasteiger partial charge >= 0.3 is 0 Å². The Bertz CT molecular complexity index is 543. The van der Waals surface area contributed by atoms with Crippen LogP contribution in [0.25, 0.3) is 0 Å². The van der Waals surface area contributed by atoms with Crippen molar-refractivity contribution in [2.75, 3.05) is 25.6 Å². The summed E-state index contributed by atoms with van der Waals surface area (Å²) in [5, 5.41) is 0. The molecule has 0 N–H and O–H groups in total. The molecule has 4 heteroatoms. The minimum atomic E-state index is 0.00426. The molecule has 2 atom stereocenters. The summed E-state index contributed by atoms with van der Waals surface area (Å²) in [6.45, 7) is 4.74. The third kappa shape index (κ3) is 1.49. The second-order valence-electron chi connectivity index (χ2n) is 5.75. The van der Waals surface area contributed by atoms with Crippen molar-refractivity contribution in [2.45, 2.75) is 31.8 Å². The number of methoxy groups -OCH3 is 1. The van der Waals surface area contributed by atoms with Crippen LogP contribution < -0.4 is 9.64 Å². The van der Waals surface area contributed by atoms with Crippen molar-refractivity contribution < 1.29 is 9.53 Å². The molecule has 102 valence electrons. The van der Waals surface area contributed by atoms with Crippen molar-refractivity contribution in [3.05, 3.63) is 23.8 Å². The first-order chi connectivity index (χ1) is 8.99. The summed E-state index contributed by atoms with van der Waals surface area (Å²) < 4.78 is 5.34. The molecule has 0 saturated carbocycles. The number of anilines is 1. The summed E-state index contributed by atoms with van der Waals surface area (Å²) >= 11 is 0. The van der Waals surface area contributed by atoms with Gasteiger partial charge in [-0.05, 0) is 30.2 Å². The molecule has 0 radical (unpaired) electrons. The van der Waals surface area contributed by atoms with Crippen molar-refractivity contribution in [3.63, 3.8) is 0 Å². The Kier molecular flexibility index (Phi) is 2.52. The van der Waals surface area contributed by atoms with Gasteiger partial charge in [-0.15, -0.1) is 0 Å². The molecule has 19 heavy (non-hydrogen) atoms. The Morgan fingerprint density at radius 3 is 2.84 bits per heavy atom. The van der Waals surface area contributed by atoms with E-state index in [2.05, 4.69) is 31.0 Å². The maximum Gasteiger partial charge on any atom is 0.221 e. The molecule has 0 aromatic heterocycles. The van der Waals surface area contributed by atoms with Crippen LogP contribution in [0.4, 0.5) is 5.69 Å². The molecule has 2 aliphatic heterocycles. The number of hydrogen-bond donors (Lipinski definition) is 0. The van der Waals surface area contributed by atoms with E-state index in [4.69, 9.17) is 4.74 Å². The van der Waals surface area contributed by atoms with Crippen LogP contribution >= 0.6 is 0 Å². The summed E-state index contributed by atoms with van der Waals surface area (Å²) in [5.74, 6) is 1.04. The lowest BCUT2D eigenvalue weighted by molar-refractivity contribution is -0.129. The molecule has 1 aromatic carbocycles. The van der Waals surface area contributed by atoms with Gasteiger partial charge in [-0.3, -0.25) is 4.79 Å². The Labute approximate surface area is 113 Å². The molecule has 4 nitrogen and oxygen atoms in total. The number of carbonyl (C=O) groups excluding carboxylic acids is 1. The van der Waals surface area contributed by atoms with E-state index < -0.39 is 0 Å². The van der Waals surface area contributed by atoms with Gasteiger partial charge in [0.25, 0.3) is 0 Å². The number of benzene rings is 1. The average molecular weight is 260 g/mol. The van der Waals surface area contributed by atoms with Gasteiger partial charge in [0.15, 0.2) is 0 Å². The van der Waals surface area contributed by atoms with Gasteiger partial charge < -0.3 is 14.5 Å². The molecular formula is C15H20N2O2. The van der Waals surface area contributed by atoms with Gasteiger partial charge in [0.2, 0.25) is 5.91 Å². The smallest absolute Gasteiger partial charge is 0.221 e. The summed E-state index contributed by atoms with van der Waals surface area (Å²) in [6.07, 6.45) is 1.13. The molecule has 1 fully saturated rings. The maximum absolute atomic E-state index is 11.8. The van der Waals surface area contributed by atoms with Crippen molar-refractivity contribution in [2.24, 2.45) is 0 Å². The Morgan fingerprint density at radius 1 is 1.47 bits per heavy atom. The van der Waals surface area contributed by atoms with E-state index in [0.29, 0.717) is 0 Å². The normalized spacial score (nSPS) is 28.3. The average Bonchev–Trinajstić information content (AvgIpc) is 2.84. The van der Waals surface area contributed by atoms with E-state index in [0.717, 1.165) is 18.7 Å². The summed E-state index contributed by atoms with van der Waals surface area (Å²) in [4.78, 5) is 16.0. The number of ether oxygens (including phenoxy) is 1. The summed E-state index contributed by atoms with van der Waals surface area (Å²) in [5.41, 5.74) is 2.51. The van der Waals surface area contributed by atoms with E-state index in [-0.39, 0.29) is 17.5 Å². The molecule has 0 aliphatic carbocycles. The minimum Gasteiger partial charge on any atom is -0.497 e. The predicted molar refractivity (Wildman–Crippen MR) is 74.5 cm³/mol. The van der Waals surface area contributed by atoms with Crippen LogP contribution in [-0.4, -0.2) is 37.7 Å². The maximum atomic E-state index is 11.8. The van der Waals surface area contributed by atoms with E-state index in [1.54, 1.807) is 14.0 Å². The molecule has 1 aromatic rings. The van der Waals surface area contributed by atoms with Crippen LogP contribution in [0.5, 0.6) is 5.75 Å². The van der Waals surface area contributed by atoms with Gasteiger partial charge in [-0.25, -0.2) is 0 Å². The Hall–Kier alpha value is -1.71. The fourth-order valence-electron chi connectivity index (χ4n) is 3.73. The van der Waals surface area contributed by atoms with Gasteiger partial charge in [-0.1, -0.05) is 6.92 Å². The topological polar surface area (TPSA) is 32.8 Å². The third-order valence-corrected chi connectivity index (χ3v) is 4.71. The molecule has 0 bridgehead atoms. The third-order valence-electron chi connectivity index (χ3n) is 4.71. The number of nitrogens with zero attached hydrogens (tertiary/aromatic N) is 2. The van der Waals surface area contributed by atoms with Crippen LogP contribution in [0, 0.1) is 0 Å². The predicted octanol–water partition coefficient (Wildman–Crippen LogP) is 1.98. The number of likely N-dealkylation sites (tertiary alicyclic amines) is 1. The number of hydrogen-bond acceptors (Lipinski definition) is 3. The number of carbonyl (C=O) groups is 1. The number of amides is 1. The van der Waals surface area contributed by atoms with Crippen LogP contribution in [-0.2, 0) is 10.2 Å². The quantitative estimate of drug-likeness (QED) is 0.774. The second-order valence-corrected chi connectivity index (χ2v) is 5.75. The SMILES string of the molecule is COc1ccc2c(c1)[C@]1(C)CCN(C(C)=O)[C@@H]1N2C. The molecule has 2 aliphatic rings. The molecule has 1 saturated heterocycles. The van der Waals surface area contributed by atoms with Gasteiger partial charge in [0, 0.05) is 31.6 Å². The highest BCUT2D eigenvalue weighted by molar-refractivity contribution is 5.77. The zero-order valence-corrected chi connectivity index (χ0v) is 11.9. The second kappa shape index (κ2) is 3.89. The Balaban J connectivity index is 2.11. The molecule has 0 unspecified atom stereocenters. The zero-order valence-electron chi connectivity index (χ0n) is 11.9. The first-order valence-corrected chi connectivity index (χ1v) is 6.67. The van der Waals surface area contributed by atoms with E-state index >= 15 is 0 Å². The van der Waals surface area contributed by atoms with Crippen LogP contribution in [0.1, 0.15) is 25.8 Å². The number of rotatable bonds is 1. The fraction of sp³-hybridized carbons (Fsp3) is 0.533. The highest BCUT2D eigenvalue weighted by atomic mass is 16.5. The molecule has 2 heterocycles. The minimum absolute atomic E-state index is 0.00426.